The monoisotopic (exact) mass is 266 g/mol. The Morgan fingerprint density at radius 1 is 1.58 bits per heavy atom. The van der Waals surface area contributed by atoms with Gasteiger partial charge in [0, 0.05) is 44.9 Å². The fraction of sp³-hybridized carbons (Fsp3) is 0.583. The van der Waals surface area contributed by atoms with Gasteiger partial charge in [-0.15, -0.1) is 0 Å². The highest BCUT2D eigenvalue weighted by Gasteiger charge is 2.27. The molecule has 1 aromatic rings. The Labute approximate surface area is 111 Å². The number of hydrogen-bond acceptors (Lipinski definition) is 3. The van der Waals surface area contributed by atoms with E-state index in [-0.39, 0.29) is 18.4 Å². The smallest absolute Gasteiger partial charge is 0.317 e. The number of nitrogens with zero attached hydrogens (tertiary/aromatic N) is 2. The third kappa shape index (κ3) is 3.97. The molecular weight excluding hydrogens is 248 g/mol. The first-order valence-electron chi connectivity index (χ1n) is 6.38. The van der Waals surface area contributed by atoms with Crippen molar-refractivity contribution in [2.24, 2.45) is 5.92 Å². The zero-order valence-electron chi connectivity index (χ0n) is 10.6. The number of carboxylic acid groups (broad SMARTS) is 1. The van der Waals surface area contributed by atoms with E-state index in [0.29, 0.717) is 26.1 Å². The predicted octanol–water partition coefficient (Wildman–Crippen LogP) is 0.458. The molecule has 3 N–H and O–H groups in total. The lowest BCUT2D eigenvalue weighted by molar-refractivity contribution is -0.138. The molecule has 0 spiro atoms. The van der Waals surface area contributed by atoms with Crippen LogP contribution in [0, 0.1) is 5.92 Å². The summed E-state index contributed by atoms with van der Waals surface area (Å²) in [5.41, 5.74) is 0. The van der Waals surface area contributed by atoms with Crippen molar-refractivity contribution in [1.82, 2.24) is 20.2 Å². The number of rotatable bonds is 5. The molecule has 2 amide bonds. The van der Waals surface area contributed by atoms with Crippen LogP contribution >= 0.6 is 0 Å². The van der Waals surface area contributed by atoms with Gasteiger partial charge in [0.15, 0.2) is 0 Å². The minimum Gasteiger partial charge on any atom is -0.481 e. The molecule has 1 saturated heterocycles. The topological polar surface area (TPSA) is 98.3 Å². The van der Waals surface area contributed by atoms with Crippen LogP contribution in [-0.4, -0.2) is 51.6 Å². The number of hydrogen-bond donors (Lipinski definition) is 3. The van der Waals surface area contributed by atoms with Gasteiger partial charge in [-0.3, -0.25) is 4.79 Å². The highest BCUT2D eigenvalue weighted by molar-refractivity contribution is 5.74. The summed E-state index contributed by atoms with van der Waals surface area (Å²) in [7, 11) is 0. The van der Waals surface area contributed by atoms with Crippen LogP contribution in [0.1, 0.15) is 18.7 Å². The second-order valence-corrected chi connectivity index (χ2v) is 4.72. The highest BCUT2D eigenvalue weighted by Crippen LogP contribution is 2.19. The first kappa shape index (κ1) is 13.4. The second-order valence-electron chi connectivity index (χ2n) is 4.72. The molecule has 1 unspecified atom stereocenters. The predicted molar refractivity (Wildman–Crippen MR) is 67.6 cm³/mol. The van der Waals surface area contributed by atoms with Gasteiger partial charge in [-0.2, -0.15) is 0 Å². The fourth-order valence-corrected chi connectivity index (χ4v) is 2.27. The van der Waals surface area contributed by atoms with E-state index in [9.17, 15) is 9.59 Å². The van der Waals surface area contributed by atoms with Crippen molar-refractivity contribution in [3.63, 3.8) is 0 Å². The van der Waals surface area contributed by atoms with E-state index in [0.717, 1.165) is 12.2 Å². The number of carbonyl (C=O) groups is 2. The van der Waals surface area contributed by atoms with E-state index in [1.165, 1.54) is 0 Å². The minimum absolute atomic E-state index is 0.0772. The van der Waals surface area contributed by atoms with Crippen LogP contribution in [0.2, 0.25) is 0 Å². The Balaban J connectivity index is 1.68. The number of amides is 2. The van der Waals surface area contributed by atoms with E-state index >= 15 is 0 Å². The number of likely N-dealkylation sites (tertiary alicyclic amines) is 1. The number of H-pyrrole nitrogens is 1. The number of carboxylic acids is 1. The second kappa shape index (κ2) is 6.21. The third-order valence-electron chi connectivity index (χ3n) is 3.23. The Morgan fingerprint density at radius 3 is 3.11 bits per heavy atom. The van der Waals surface area contributed by atoms with Gasteiger partial charge in [0.25, 0.3) is 0 Å². The molecular formula is C12H18N4O3. The average molecular weight is 266 g/mol. The Morgan fingerprint density at radius 2 is 2.42 bits per heavy atom. The summed E-state index contributed by atoms with van der Waals surface area (Å²) in [4.78, 5) is 31.2. The van der Waals surface area contributed by atoms with E-state index in [4.69, 9.17) is 5.11 Å². The van der Waals surface area contributed by atoms with Crippen molar-refractivity contribution in [2.45, 2.75) is 19.3 Å². The van der Waals surface area contributed by atoms with Gasteiger partial charge in [0.2, 0.25) is 0 Å². The maximum atomic E-state index is 11.8. The van der Waals surface area contributed by atoms with Gasteiger partial charge >= 0.3 is 12.0 Å². The lowest BCUT2D eigenvalue weighted by atomic mass is 10.1. The van der Waals surface area contributed by atoms with Crippen LogP contribution in [0.3, 0.4) is 0 Å². The summed E-state index contributed by atoms with van der Waals surface area (Å²) in [6.45, 7) is 1.68. The van der Waals surface area contributed by atoms with Gasteiger partial charge in [0.1, 0.15) is 5.82 Å². The van der Waals surface area contributed by atoms with E-state index in [1.807, 2.05) is 0 Å². The normalized spacial score (nSPS) is 18.5. The number of aromatic nitrogens is 2. The summed E-state index contributed by atoms with van der Waals surface area (Å²) in [6, 6.07) is -0.126. The van der Waals surface area contributed by atoms with Crippen molar-refractivity contribution >= 4 is 12.0 Å². The standard InChI is InChI=1S/C12H18N4O3/c17-11(18)7-9-2-6-16(8-9)12(19)15-3-1-10-13-4-5-14-10/h4-5,9H,1-3,6-8H2,(H,13,14)(H,15,19)(H,17,18). The summed E-state index contributed by atoms with van der Waals surface area (Å²) < 4.78 is 0. The molecule has 2 rings (SSSR count). The summed E-state index contributed by atoms with van der Waals surface area (Å²) in [5, 5.41) is 11.5. The Bertz CT molecular complexity index is 432. The fourth-order valence-electron chi connectivity index (χ4n) is 2.27. The maximum Gasteiger partial charge on any atom is 0.317 e. The summed E-state index contributed by atoms with van der Waals surface area (Å²) in [5.74, 6) is 0.115. The summed E-state index contributed by atoms with van der Waals surface area (Å²) >= 11 is 0. The Hall–Kier alpha value is -2.05. The van der Waals surface area contributed by atoms with Crippen molar-refractivity contribution in [1.29, 1.82) is 0 Å². The highest BCUT2D eigenvalue weighted by atomic mass is 16.4. The lowest BCUT2D eigenvalue weighted by Gasteiger charge is -2.16. The SMILES string of the molecule is O=C(O)CC1CCN(C(=O)NCCc2ncc[nH]2)C1. The zero-order chi connectivity index (χ0) is 13.7. The molecule has 0 bridgehead atoms. The van der Waals surface area contributed by atoms with Crippen molar-refractivity contribution in [3.8, 4) is 0 Å². The molecule has 0 aromatic carbocycles. The van der Waals surface area contributed by atoms with Crippen LogP contribution < -0.4 is 5.32 Å². The molecule has 1 fully saturated rings. The number of aromatic amines is 1. The Kier molecular flexibility index (Phi) is 4.38. The van der Waals surface area contributed by atoms with Crippen LogP contribution in [0.15, 0.2) is 12.4 Å². The van der Waals surface area contributed by atoms with E-state index in [2.05, 4.69) is 15.3 Å². The number of aliphatic carboxylic acids is 1. The van der Waals surface area contributed by atoms with Gasteiger partial charge in [-0.1, -0.05) is 0 Å². The van der Waals surface area contributed by atoms with Crippen LogP contribution in [0.4, 0.5) is 4.79 Å². The quantitative estimate of drug-likeness (QED) is 0.721. The van der Waals surface area contributed by atoms with Crippen molar-refractivity contribution in [3.05, 3.63) is 18.2 Å². The van der Waals surface area contributed by atoms with Crippen molar-refractivity contribution in [2.75, 3.05) is 19.6 Å². The van der Waals surface area contributed by atoms with Crippen LogP contribution in [0.5, 0.6) is 0 Å². The molecule has 0 radical (unpaired) electrons. The molecule has 0 aliphatic carbocycles. The van der Waals surface area contributed by atoms with Gasteiger partial charge < -0.3 is 20.3 Å². The molecule has 1 aliphatic rings. The molecule has 104 valence electrons. The van der Waals surface area contributed by atoms with Gasteiger partial charge in [-0.25, -0.2) is 9.78 Å². The molecule has 1 aromatic heterocycles. The molecule has 2 heterocycles. The van der Waals surface area contributed by atoms with E-state index < -0.39 is 5.97 Å². The van der Waals surface area contributed by atoms with Crippen LogP contribution in [-0.2, 0) is 11.2 Å². The van der Waals surface area contributed by atoms with Gasteiger partial charge in [-0.05, 0) is 12.3 Å². The first-order valence-corrected chi connectivity index (χ1v) is 6.38. The zero-order valence-corrected chi connectivity index (χ0v) is 10.6. The van der Waals surface area contributed by atoms with Crippen molar-refractivity contribution < 1.29 is 14.7 Å². The molecule has 1 aliphatic heterocycles. The van der Waals surface area contributed by atoms with Gasteiger partial charge in [0.05, 0.1) is 0 Å². The molecule has 19 heavy (non-hydrogen) atoms. The molecule has 7 nitrogen and oxygen atoms in total. The first-order chi connectivity index (χ1) is 9.15. The maximum absolute atomic E-state index is 11.8. The number of urea groups is 1. The number of imidazole rings is 1. The largest absolute Gasteiger partial charge is 0.481 e. The summed E-state index contributed by atoms with van der Waals surface area (Å²) in [6.07, 6.45) is 4.97. The third-order valence-corrected chi connectivity index (χ3v) is 3.23. The molecule has 7 heteroatoms. The number of carbonyl (C=O) groups excluding carboxylic acids is 1. The minimum atomic E-state index is -0.801. The lowest BCUT2D eigenvalue weighted by Crippen LogP contribution is -2.39. The number of nitrogens with one attached hydrogen (secondary N) is 2. The van der Waals surface area contributed by atoms with E-state index in [1.54, 1.807) is 17.3 Å². The molecule has 0 saturated carbocycles. The van der Waals surface area contributed by atoms with Crippen LogP contribution in [0.25, 0.3) is 0 Å². The molecule has 1 atom stereocenters. The average Bonchev–Trinajstić information content (AvgIpc) is 2.99.